The molecule has 1 aliphatic rings. The third-order valence-electron chi connectivity index (χ3n) is 3.51. The Hall–Kier alpha value is -2.45. The van der Waals surface area contributed by atoms with Crippen LogP contribution >= 0.6 is 0 Å². The first-order chi connectivity index (χ1) is 11.9. The monoisotopic (exact) mass is 352 g/mol. The standard InChI is InChI=1S/C17H20O8/c1-10(18)23-15-14(21-3)13(25-17(15)24-11(2)19)9-22-16(20)12-7-5-4-6-8-12/h4-8,13-15,17H,9H2,1-3H3/t13-,14-,15+,17-/m0/s1. The number of hydrogen-bond donors (Lipinski definition) is 0. The van der Waals surface area contributed by atoms with Crippen LogP contribution in [-0.2, 0) is 33.3 Å². The van der Waals surface area contributed by atoms with Crippen LogP contribution in [0.2, 0.25) is 0 Å². The Balaban J connectivity index is 2.04. The van der Waals surface area contributed by atoms with Gasteiger partial charge in [-0.25, -0.2) is 4.79 Å². The number of carbonyl (C=O) groups is 3. The van der Waals surface area contributed by atoms with Gasteiger partial charge in [0.1, 0.15) is 18.8 Å². The molecule has 0 bridgehead atoms. The molecule has 1 aromatic rings. The van der Waals surface area contributed by atoms with E-state index in [0.717, 1.165) is 0 Å². The lowest BCUT2D eigenvalue weighted by Gasteiger charge is -2.21. The van der Waals surface area contributed by atoms with E-state index in [2.05, 4.69) is 0 Å². The van der Waals surface area contributed by atoms with E-state index in [0.29, 0.717) is 5.56 Å². The number of methoxy groups -OCH3 is 1. The highest BCUT2D eigenvalue weighted by Crippen LogP contribution is 2.28. The Kier molecular flexibility index (Phi) is 6.49. The van der Waals surface area contributed by atoms with E-state index >= 15 is 0 Å². The maximum Gasteiger partial charge on any atom is 0.338 e. The minimum absolute atomic E-state index is 0.151. The fraction of sp³-hybridized carbons (Fsp3) is 0.471. The highest BCUT2D eigenvalue weighted by molar-refractivity contribution is 5.89. The fourth-order valence-corrected chi connectivity index (χ4v) is 2.50. The summed E-state index contributed by atoms with van der Waals surface area (Å²) in [6.45, 7) is 2.28. The molecule has 0 N–H and O–H groups in total. The van der Waals surface area contributed by atoms with Crippen molar-refractivity contribution in [3.63, 3.8) is 0 Å². The van der Waals surface area contributed by atoms with Gasteiger partial charge in [-0.1, -0.05) is 18.2 Å². The van der Waals surface area contributed by atoms with Gasteiger partial charge in [0.2, 0.25) is 6.29 Å². The van der Waals surface area contributed by atoms with Crippen LogP contribution in [0.3, 0.4) is 0 Å². The van der Waals surface area contributed by atoms with Crippen molar-refractivity contribution in [3.8, 4) is 0 Å². The van der Waals surface area contributed by atoms with Crippen LogP contribution in [0.5, 0.6) is 0 Å². The first kappa shape index (κ1) is 18.9. The van der Waals surface area contributed by atoms with Gasteiger partial charge in [-0.15, -0.1) is 0 Å². The van der Waals surface area contributed by atoms with E-state index in [1.807, 2.05) is 0 Å². The summed E-state index contributed by atoms with van der Waals surface area (Å²) >= 11 is 0. The zero-order valence-electron chi connectivity index (χ0n) is 14.2. The molecule has 0 spiro atoms. The normalized spacial score (nSPS) is 25.2. The van der Waals surface area contributed by atoms with Crippen molar-refractivity contribution < 1.29 is 38.1 Å². The van der Waals surface area contributed by atoms with Crippen LogP contribution in [0.25, 0.3) is 0 Å². The van der Waals surface area contributed by atoms with Gasteiger partial charge in [0.25, 0.3) is 0 Å². The average molecular weight is 352 g/mol. The second kappa shape index (κ2) is 8.59. The summed E-state index contributed by atoms with van der Waals surface area (Å²) in [6, 6.07) is 8.46. The molecule has 0 radical (unpaired) electrons. The van der Waals surface area contributed by atoms with Crippen molar-refractivity contribution in [1.82, 2.24) is 0 Å². The summed E-state index contributed by atoms with van der Waals surface area (Å²) in [7, 11) is 1.40. The van der Waals surface area contributed by atoms with Crippen LogP contribution in [0.1, 0.15) is 24.2 Å². The SMILES string of the molecule is CO[C@@H]1[C@@H](OC(C)=O)[C@@H](OC(C)=O)O[C@H]1COC(=O)c1ccccc1. The number of ether oxygens (including phenoxy) is 5. The van der Waals surface area contributed by atoms with Gasteiger partial charge in [0.15, 0.2) is 6.10 Å². The van der Waals surface area contributed by atoms with Gasteiger partial charge in [-0.2, -0.15) is 0 Å². The Morgan fingerprint density at radius 1 is 1.00 bits per heavy atom. The number of esters is 3. The molecule has 4 atom stereocenters. The Labute approximate surface area is 144 Å². The van der Waals surface area contributed by atoms with Crippen molar-refractivity contribution >= 4 is 17.9 Å². The first-order valence-electron chi connectivity index (χ1n) is 7.67. The Morgan fingerprint density at radius 3 is 2.20 bits per heavy atom. The molecule has 1 heterocycles. The average Bonchev–Trinajstić information content (AvgIpc) is 2.88. The fourth-order valence-electron chi connectivity index (χ4n) is 2.50. The van der Waals surface area contributed by atoms with Crippen molar-refractivity contribution in [2.75, 3.05) is 13.7 Å². The molecule has 8 nitrogen and oxygen atoms in total. The molecule has 1 aliphatic heterocycles. The third kappa shape index (κ3) is 5.01. The van der Waals surface area contributed by atoms with Crippen molar-refractivity contribution in [3.05, 3.63) is 35.9 Å². The molecule has 1 fully saturated rings. The topological polar surface area (TPSA) is 97.4 Å². The molecule has 0 aromatic heterocycles. The lowest BCUT2D eigenvalue weighted by atomic mass is 10.1. The number of hydrogen-bond acceptors (Lipinski definition) is 8. The predicted octanol–water partition coefficient (Wildman–Crippen LogP) is 1.08. The number of carbonyl (C=O) groups excluding carboxylic acids is 3. The summed E-state index contributed by atoms with van der Waals surface area (Å²) in [4.78, 5) is 34.5. The van der Waals surface area contributed by atoms with Crippen molar-refractivity contribution in [1.29, 1.82) is 0 Å². The van der Waals surface area contributed by atoms with E-state index in [1.54, 1.807) is 30.3 Å². The van der Waals surface area contributed by atoms with Crippen molar-refractivity contribution in [2.45, 2.75) is 38.4 Å². The molecule has 1 saturated heterocycles. The van der Waals surface area contributed by atoms with Crippen LogP contribution in [0.15, 0.2) is 30.3 Å². The van der Waals surface area contributed by atoms with E-state index in [9.17, 15) is 14.4 Å². The van der Waals surface area contributed by atoms with Crippen LogP contribution in [0.4, 0.5) is 0 Å². The van der Waals surface area contributed by atoms with Crippen LogP contribution in [-0.4, -0.2) is 56.2 Å². The Bertz CT molecular complexity index is 614. The van der Waals surface area contributed by atoms with Gasteiger partial charge < -0.3 is 23.7 Å². The zero-order valence-corrected chi connectivity index (χ0v) is 14.2. The first-order valence-corrected chi connectivity index (χ1v) is 7.67. The Morgan fingerprint density at radius 2 is 1.64 bits per heavy atom. The van der Waals surface area contributed by atoms with E-state index < -0.39 is 42.5 Å². The van der Waals surface area contributed by atoms with Gasteiger partial charge in [-0.3, -0.25) is 9.59 Å². The van der Waals surface area contributed by atoms with Gasteiger partial charge in [0.05, 0.1) is 5.56 Å². The zero-order chi connectivity index (χ0) is 18.4. The molecule has 25 heavy (non-hydrogen) atoms. The third-order valence-corrected chi connectivity index (χ3v) is 3.51. The largest absolute Gasteiger partial charge is 0.459 e. The molecule has 2 rings (SSSR count). The minimum Gasteiger partial charge on any atom is -0.459 e. The minimum atomic E-state index is -1.13. The molecule has 136 valence electrons. The molecule has 0 unspecified atom stereocenters. The number of benzene rings is 1. The molecule has 0 amide bonds. The molecular formula is C17H20O8. The maximum absolute atomic E-state index is 12.0. The summed E-state index contributed by atoms with van der Waals surface area (Å²) in [5.74, 6) is -1.70. The van der Waals surface area contributed by atoms with Gasteiger partial charge in [0, 0.05) is 21.0 Å². The lowest BCUT2D eigenvalue weighted by molar-refractivity contribution is -0.196. The molecule has 8 heteroatoms. The molecular weight excluding hydrogens is 332 g/mol. The molecule has 0 saturated carbocycles. The lowest BCUT2D eigenvalue weighted by Crippen LogP contribution is -2.40. The highest BCUT2D eigenvalue weighted by atomic mass is 16.7. The van der Waals surface area contributed by atoms with Gasteiger partial charge >= 0.3 is 17.9 Å². The molecule has 0 aliphatic carbocycles. The second-order valence-electron chi connectivity index (χ2n) is 5.39. The maximum atomic E-state index is 12.0. The predicted molar refractivity (Wildman–Crippen MR) is 83.5 cm³/mol. The van der Waals surface area contributed by atoms with Crippen molar-refractivity contribution in [2.24, 2.45) is 0 Å². The molecule has 1 aromatic carbocycles. The smallest absolute Gasteiger partial charge is 0.338 e. The second-order valence-corrected chi connectivity index (χ2v) is 5.39. The summed E-state index contributed by atoms with van der Waals surface area (Å²) in [5.41, 5.74) is 0.391. The number of rotatable bonds is 6. The van der Waals surface area contributed by atoms with Crippen LogP contribution < -0.4 is 0 Å². The van der Waals surface area contributed by atoms with Crippen LogP contribution in [0, 0.1) is 0 Å². The van der Waals surface area contributed by atoms with E-state index in [-0.39, 0.29) is 6.61 Å². The quantitative estimate of drug-likeness (QED) is 0.554. The summed E-state index contributed by atoms with van der Waals surface area (Å²) in [5, 5.41) is 0. The van der Waals surface area contributed by atoms with Gasteiger partial charge in [-0.05, 0) is 12.1 Å². The van der Waals surface area contributed by atoms with E-state index in [1.165, 1.54) is 21.0 Å². The summed E-state index contributed by atoms with van der Waals surface area (Å²) in [6.07, 6.45) is -3.60. The van der Waals surface area contributed by atoms with E-state index in [4.69, 9.17) is 23.7 Å². The highest BCUT2D eigenvalue weighted by Gasteiger charge is 2.49. The summed E-state index contributed by atoms with van der Waals surface area (Å²) < 4.78 is 26.2.